The maximum atomic E-state index is 9.53. The third kappa shape index (κ3) is 3.74. The second-order valence-electron chi connectivity index (χ2n) is 5.05. The van der Waals surface area contributed by atoms with Crippen molar-refractivity contribution in [3.63, 3.8) is 0 Å². The molecule has 0 aliphatic rings. The molecule has 0 aliphatic carbocycles. The summed E-state index contributed by atoms with van der Waals surface area (Å²) in [6.45, 7) is 2.07. The molecule has 2 rings (SSSR count). The van der Waals surface area contributed by atoms with Crippen molar-refractivity contribution in [2.24, 2.45) is 0 Å². The number of nitriles is 1. The van der Waals surface area contributed by atoms with Crippen LogP contribution in [0.3, 0.4) is 0 Å². The number of hydrogen-bond acceptors (Lipinski definition) is 2. The van der Waals surface area contributed by atoms with Gasteiger partial charge in [-0.05, 0) is 47.7 Å². The number of nitrogens with zero attached hydrogens (tertiary/aromatic N) is 1. The molecular weight excluding hydrogens is 317 g/mol. The summed E-state index contributed by atoms with van der Waals surface area (Å²) < 4.78 is 5.34. The molecule has 2 aromatic carbocycles. The first-order chi connectivity index (χ1) is 10.6. The molecule has 2 nitrogen and oxygen atoms in total. The smallest absolute Gasteiger partial charge is 0.122 e. The van der Waals surface area contributed by atoms with Crippen molar-refractivity contribution in [1.29, 1.82) is 5.26 Å². The van der Waals surface area contributed by atoms with E-state index in [1.54, 1.807) is 19.2 Å². The van der Waals surface area contributed by atoms with Crippen LogP contribution in [0, 0.1) is 11.3 Å². The van der Waals surface area contributed by atoms with Crippen LogP contribution in [0.25, 0.3) is 0 Å². The van der Waals surface area contributed by atoms with Crippen molar-refractivity contribution in [1.82, 2.24) is 0 Å². The molecule has 0 spiro atoms. The maximum absolute atomic E-state index is 9.53. The Bertz CT molecular complexity index is 707. The van der Waals surface area contributed by atoms with E-state index < -0.39 is 0 Å². The molecule has 0 saturated heterocycles. The summed E-state index contributed by atoms with van der Waals surface area (Å²) >= 11 is 12.1. The van der Waals surface area contributed by atoms with Crippen LogP contribution in [0.1, 0.15) is 29.5 Å². The lowest BCUT2D eigenvalue weighted by molar-refractivity contribution is 0.410. The summed E-state index contributed by atoms with van der Waals surface area (Å²) in [6.07, 6.45) is 1.42. The monoisotopic (exact) mass is 333 g/mol. The van der Waals surface area contributed by atoms with E-state index in [9.17, 15) is 5.26 Å². The van der Waals surface area contributed by atoms with E-state index >= 15 is 0 Å². The van der Waals surface area contributed by atoms with Crippen molar-refractivity contribution in [3.8, 4) is 11.8 Å². The number of aryl methyl sites for hydroxylation is 1. The van der Waals surface area contributed by atoms with Gasteiger partial charge in [0.25, 0.3) is 0 Å². The van der Waals surface area contributed by atoms with E-state index in [4.69, 9.17) is 27.9 Å². The van der Waals surface area contributed by atoms with E-state index in [1.165, 1.54) is 0 Å². The van der Waals surface area contributed by atoms with Gasteiger partial charge >= 0.3 is 0 Å². The number of halogens is 2. The molecule has 0 aliphatic heterocycles. The van der Waals surface area contributed by atoms with Crippen LogP contribution in [-0.2, 0) is 12.8 Å². The zero-order valence-corrected chi connectivity index (χ0v) is 14.1. The van der Waals surface area contributed by atoms with Crippen LogP contribution in [0.2, 0.25) is 10.0 Å². The first-order valence-corrected chi connectivity index (χ1v) is 7.85. The molecule has 0 amide bonds. The van der Waals surface area contributed by atoms with E-state index in [-0.39, 0.29) is 5.92 Å². The van der Waals surface area contributed by atoms with Crippen LogP contribution in [0.5, 0.6) is 5.75 Å². The highest BCUT2D eigenvalue weighted by molar-refractivity contribution is 6.35. The first kappa shape index (κ1) is 16.7. The average Bonchev–Trinajstić information content (AvgIpc) is 2.53. The minimum atomic E-state index is -0.255. The summed E-state index contributed by atoms with van der Waals surface area (Å²) in [4.78, 5) is 0. The van der Waals surface area contributed by atoms with Crippen LogP contribution >= 0.6 is 23.2 Å². The Morgan fingerprint density at radius 1 is 1.14 bits per heavy atom. The highest BCUT2D eigenvalue weighted by Crippen LogP contribution is 2.30. The van der Waals surface area contributed by atoms with Gasteiger partial charge in [-0.25, -0.2) is 0 Å². The summed E-state index contributed by atoms with van der Waals surface area (Å²) in [5, 5.41) is 10.7. The SMILES string of the molecule is CCc1cc(C(C#N)Cc2ccc(Cl)cc2Cl)ccc1OC. The van der Waals surface area contributed by atoms with Gasteiger partial charge < -0.3 is 4.74 Å². The van der Waals surface area contributed by atoms with Crippen molar-refractivity contribution in [3.05, 3.63) is 63.1 Å². The molecule has 1 unspecified atom stereocenters. The van der Waals surface area contributed by atoms with Crippen LogP contribution in [0.15, 0.2) is 36.4 Å². The van der Waals surface area contributed by atoms with Gasteiger partial charge in [-0.3, -0.25) is 0 Å². The normalized spacial score (nSPS) is 11.8. The number of ether oxygens (including phenoxy) is 1. The van der Waals surface area contributed by atoms with Crippen molar-refractivity contribution in [2.45, 2.75) is 25.7 Å². The maximum Gasteiger partial charge on any atom is 0.122 e. The second-order valence-corrected chi connectivity index (χ2v) is 5.89. The Hall–Kier alpha value is -1.69. The molecule has 0 radical (unpaired) electrons. The molecule has 0 saturated carbocycles. The summed E-state index contributed by atoms with van der Waals surface area (Å²) in [5.41, 5.74) is 3.00. The third-order valence-electron chi connectivity index (χ3n) is 3.68. The molecule has 0 heterocycles. The van der Waals surface area contributed by atoms with E-state index in [1.807, 2.05) is 24.3 Å². The van der Waals surface area contributed by atoms with Crippen molar-refractivity contribution < 1.29 is 4.74 Å². The van der Waals surface area contributed by atoms with Gasteiger partial charge in [0.2, 0.25) is 0 Å². The number of hydrogen-bond donors (Lipinski definition) is 0. The molecular formula is C18H17Cl2NO. The topological polar surface area (TPSA) is 33.0 Å². The predicted molar refractivity (Wildman–Crippen MR) is 90.9 cm³/mol. The lowest BCUT2D eigenvalue weighted by Crippen LogP contribution is -2.03. The standard InChI is InChI=1S/C18H17Cl2NO/c1-3-12-8-13(5-7-18(12)22-2)15(11-21)9-14-4-6-16(19)10-17(14)20/h4-8,10,15H,3,9H2,1-2H3. The van der Waals surface area contributed by atoms with Gasteiger partial charge in [-0.1, -0.05) is 48.3 Å². The predicted octanol–water partition coefficient (Wildman–Crippen LogP) is 5.41. The first-order valence-electron chi connectivity index (χ1n) is 7.09. The minimum Gasteiger partial charge on any atom is -0.496 e. The van der Waals surface area contributed by atoms with Crippen LogP contribution in [0.4, 0.5) is 0 Å². The van der Waals surface area contributed by atoms with Crippen LogP contribution in [-0.4, -0.2) is 7.11 Å². The molecule has 114 valence electrons. The van der Waals surface area contributed by atoms with E-state index in [0.717, 1.165) is 28.9 Å². The Morgan fingerprint density at radius 3 is 2.50 bits per heavy atom. The quantitative estimate of drug-likeness (QED) is 0.732. The number of rotatable bonds is 5. The van der Waals surface area contributed by atoms with E-state index in [2.05, 4.69) is 13.0 Å². The third-order valence-corrected chi connectivity index (χ3v) is 4.27. The van der Waals surface area contributed by atoms with Gasteiger partial charge in [0.1, 0.15) is 5.75 Å². The molecule has 0 aromatic heterocycles. The zero-order chi connectivity index (χ0) is 16.1. The number of methoxy groups -OCH3 is 1. The van der Waals surface area contributed by atoms with Gasteiger partial charge in [0.15, 0.2) is 0 Å². The minimum absolute atomic E-state index is 0.255. The van der Waals surface area contributed by atoms with Crippen molar-refractivity contribution in [2.75, 3.05) is 7.11 Å². The van der Waals surface area contributed by atoms with E-state index in [0.29, 0.717) is 16.5 Å². The van der Waals surface area contributed by atoms with Gasteiger partial charge in [0.05, 0.1) is 19.1 Å². The van der Waals surface area contributed by atoms with Gasteiger partial charge in [-0.15, -0.1) is 0 Å². The molecule has 0 N–H and O–H groups in total. The van der Waals surface area contributed by atoms with Gasteiger partial charge in [0, 0.05) is 10.0 Å². The Labute approximate surface area is 141 Å². The van der Waals surface area contributed by atoms with Crippen molar-refractivity contribution >= 4 is 23.2 Å². The molecule has 0 fully saturated rings. The van der Waals surface area contributed by atoms with Crippen LogP contribution < -0.4 is 4.74 Å². The fourth-order valence-corrected chi connectivity index (χ4v) is 2.92. The fourth-order valence-electron chi connectivity index (χ4n) is 2.44. The fraction of sp³-hybridized carbons (Fsp3) is 0.278. The molecule has 22 heavy (non-hydrogen) atoms. The zero-order valence-electron chi connectivity index (χ0n) is 12.6. The Balaban J connectivity index is 2.30. The van der Waals surface area contributed by atoms with Gasteiger partial charge in [-0.2, -0.15) is 5.26 Å². The molecule has 2 aromatic rings. The molecule has 1 atom stereocenters. The summed E-state index contributed by atoms with van der Waals surface area (Å²) in [5.74, 6) is 0.599. The average molecular weight is 334 g/mol. The Kier molecular flexibility index (Phi) is 5.71. The Morgan fingerprint density at radius 2 is 1.91 bits per heavy atom. The highest BCUT2D eigenvalue weighted by Gasteiger charge is 2.15. The number of benzene rings is 2. The lowest BCUT2D eigenvalue weighted by Gasteiger charge is -2.14. The second kappa shape index (κ2) is 7.54. The lowest BCUT2D eigenvalue weighted by atomic mass is 9.91. The highest BCUT2D eigenvalue weighted by atomic mass is 35.5. The summed E-state index contributed by atoms with van der Waals surface area (Å²) in [7, 11) is 1.66. The molecule has 4 heteroatoms. The summed E-state index contributed by atoms with van der Waals surface area (Å²) in [6, 6.07) is 13.6. The largest absolute Gasteiger partial charge is 0.496 e. The molecule has 0 bridgehead atoms.